The summed E-state index contributed by atoms with van der Waals surface area (Å²) in [5.74, 6) is 1.69. The highest BCUT2D eigenvalue weighted by Crippen LogP contribution is 2.29. The molecule has 2 heteroatoms. The van der Waals surface area contributed by atoms with Crippen molar-refractivity contribution in [2.24, 2.45) is 11.8 Å². The average molecular weight is 199 g/mol. The summed E-state index contributed by atoms with van der Waals surface area (Å²) in [4.78, 5) is 0. The van der Waals surface area contributed by atoms with Gasteiger partial charge < -0.3 is 10.4 Å². The molecule has 14 heavy (non-hydrogen) atoms. The number of rotatable bonds is 3. The summed E-state index contributed by atoms with van der Waals surface area (Å²) < 4.78 is 0. The Hall–Kier alpha value is -0.0800. The lowest BCUT2D eigenvalue weighted by molar-refractivity contribution is 0.0715. The molecule has 0 aromatic rings. The lowest BCUT2D eigenvalue weighted by Gasteiger charge is -2.34. The van der Waals surface area contributed by atoms with Crippen LogP contribution >= 0.6 is 0 Å². The van der Waals surface area contributed by atoms with Crippen LogP contribution in [-0.2, 0) is 0 Å². The van der Waals surface area contributed by atoms with Gasteiger partial charge in [-0.05, 0) is 44.9 Å². The van der Waals surface area contributed by atoms with Crippen molar-refractivity contribution in [3.05, 3.63) is 0 Å². The number of nitrogens with one attached hydrogen (secondary N) is 1. The van der Waals surface area contributed by atoms with Crippen LogP contribution in [0.3, 0.4) is 0 Å². The number of hydrogen-bond donors (Lipinski definition) is 2. The van der Waals surface area contributed by atoms with E-state index >= 15 is 0 Å². The van der Waals surface area contributed by atoms with E-state index in [4.69, 9.17) is 0 Å². The summed E-state index contributed by atoms with van der Waals surface area (Å²) in [7, 11) is 0. The monoisotopic (exact) mass is 199 g/mol. The molecule has 0 amide bonds. The first-order valence-electron chi connectivity index (χ1n) is 5.84. The topological polar surface area (TPSA) is 32.3 Å². The van der Waals surface area contributed by atoms with E-state index in [0.717, 1.165) is 11.8 Å². The van der Waals surface area contributed by atoms with E-state index in [1.54, 1.807) is 0 Å². The molecule has 0 saturated heterocycles. The van der Waals surface area contributed by atoms with Crippen LogP contribution in [-0.4, -0.2) is 23.3 Å². The van der Waals surface area contributed by atoms with Crippen LogP contribution in [0.1, 0.15) is 47.0 Å². The van der Waals surface area contributed by atoms with E-state index in [-0.39, 0.29) is 0 Å². The second-order valence-electron chi connectivity index (χ2n) is 5.66. The fourth-order valence-electron chi connectivity index (χ4n) is 2.13. The molecule has 3 atom stereocenters. The molecule has 1 fully saturated rings. The Balaban J connectivity index is 2.27. The Morgan fingerprint density at radius 2 is 1.86 bits per heavy atom. The Morgan fingerprint density at radius 3 is 2.36 bits per heavy atom. The summed E-state index contributed by atoms with van der Waals surface area (Å²) in [6.45, 7) is 9.10. The smallest absolute Gasteiger partial charge is 0.0715 e. The van der Waals surface area contributed by atoms with Gasteiger partial charge in [0.25, 0.3) is 0 Å². The maximum atomic E-state index is 9.60. The minimum absolute atomic E-state index is 0.577. The molecule has 0 heterocycles. The third kappa shape index (κ3) is 3.97. The van der Waals surface area contributed by atoms with Crippen molar-refractivity contribution in [1.82, 2.24) is 5.32 Å². The van der Waals surface area contributed by atoms with Crippen molar-refractivity contribution in [2.75, 3.05) is 6.54 Å². The first-order chi connectivity index (χ1) is 6.38. The number of hydrogen-bond acceptors (Lipinski definition) is 2. The first kappa shape index (κ1) is 12.0. The standard InChI is InChI=1S/C12H25NO/c1-9-5-6-11(7-10(9)2)13-8-12(3,4)14/h9-11,13-14H,5-8H2,1-4H3/t9-,10+,11+/m1/s1. The average Bonchev–Trinajstić information content (AvgIpc) is 2.06. The molecular formula is C12H25NO. The normalized spacial score (nSPS) is 34.5. The van der Waals surface area contributed by atoms with Crippen LogP contribution in [0.5, 0.6) is 0 Å². The van der Waals surface area contributed by atoms with Gasteiger partial charge in [0.1, 0.15) is 0 Å². The summed E-state index contributed by atoms with van der Waals surface area (Å²) in [6, 6.07) is 0.618. The summed E-state index contributed by atoms with van der Waals surface area (Å²) >= 11 is 0. The van der Waals surface area contributed by atoms with Crippen LogP contribution in [0.15, 0.2) is 0 Å². The molecule has 0 aliphatic heterocycles. The van der Waals surface area contributed by atoms with Crippen molar-refractivity contribution < 1.29 is 5.11 Å². The lowest BCUT2D eigenvalue weighted by atomic mass is 9.79. The van der Waals surface area contributed by atoms with E-state index < -0.39 is 5.60 Å². The highest BCUT2D eigenvalue weighted by Gasteiger charge is 2.25. The Labute approximate surface area is 88.1 Å². The van der Waals surface area contributed by atoms with Crippen LogP contribution in [0.25, 0.3) is 0 Å². The van der Waals surface area contributed by atoms with Crippen LogP contribution in [0.4, 0.5) is 0 Å². The molecule has 0 bridgehead atoms. The van der Waals surface area contributed by atoms with Gasteiger partial charge in [0.15, 0.2) is 0 Å². The SMILES string of the molecule is C[C@@H]1CC[C@H](NCC(C)(C)O)C[C@@H]1C. The molecular weight excluding hydrogens is 174 g/mol. The summed E-state index contributed by atoms with van der Waals surface area (Å²) in [5.41, 5.74) is -0.577. The zero-order chi connectivity index (χ0) is 10.8. The molecule has 0 unspecified atom stereocenters. The van der Waals surface area contributed by atoms with Gasteiger partial charge in [0.2, 0.25) is 0 Å². The maximum absolute atomic E-state index is 9.60. The van der Waals surface area contributed by atoms with E-state index in [2.05, 4.69) is 19.2 Å². The van der Waals surface area contributed by atoms with Crippen molar-refractivity contribution >= 4 is 0 Å². The third-order valence-electron chi connectivity index (χ3n) is 3.42. The molecule has 84 valence electrons. The first-order valence-corrected chi connectivity index (χ1v) is 5.84. The van der Waals surface area contributed by atoms with Crippen molar-refractivity contribution in [3.8, 4) is 0 Å². The second kappa shape index (κ2) is 4.63. The highest BCUT2D eigenvalue weighted by molar-refractivity contribution is 4.81. The van der Waals surface area contributed by atoms with Crippen molar-refractivity contribution in [1.29, 1.82) is 0 Å². The summed E-state index contributed by atoms with van der Waals surface area (Å²) in [5, 5.41) is 13.1. The Bertz CT molecular complexity index is 174. The third-order valence-corrected chi connectivity index (χ3v) is 3.42. The molecule has 0 aromatic carbocycles. The maximum Gasteiger partial charge on any atom is 0.0715 e. The Morgan fingerprint density at radius 1 is 1.21 bits per heavy atom. The van der Waals surface area contributed by atoms with E-state index in [1.807, 2.05) is 13.8 Å². The van der Waals surface area contributed by atoms with Gasteiger partial charge in [-0.3, -0.25) is 0 Å². The van der Waals surface area contributed by atoms with Gasteiger partial charge >= 0.3 is 0 Å². The van der Waals surface area contributed by atoms with Gasteiger partial charge in [0.05, 0.1) is 5.60 Å². The minimum atomic E-state index is -0.577. The van der Waals surface area contributed by atoms with E-state index in [1.165, 1.54) is 19.3 Å². The van der Waals surface area contributed by atoms with E-state index in [0.29, 0.717) is 12.6 Å². The molecule has 2 N–H and O–H groups in total. The van der Waals surface area contributed by atoms with Gasteiger partial charge in [0, 0.05) is 12.6 Å². The van der Waals surface area contributed by atoms with E-state index in [9.17, 15) is 5.11 Å². The second-order valence-corrected chi connectivity index (χ2v) is 5.66. The fourth-order valence-corrected chi connectivity index (χ4v) is 2.13. The molecule has 1 saturated carbocycles. The van der Waals surface area contributed by atoms with Gasteiger partial charge in [-0.25, -0.2) is 0 Å². The largest absolute Gasteiger partial charge is 0.389 e. The van der Waals surface area contributed by atoms with Crippen LogP contribution in [0.2, 0.25) is 0 Å². The predicted octanol–water partition coefficient (Wildman–Crippen LogP) is 2.17. The van der Waals surface area contributed by atoms with Crippen molar-refractivity contribution in [2.45, 2.75) is 58.6 Å². The molecule has 1 aliphatic carbocycles. The fraction of sp³-hybridized carbons (Fsp3) is 1.00. The summed E-state index contributed by atoms with van der Waals surface area (Å²) in [6.07, 6.45) is 3.85. The zero-order valence-corrected chi connectivity index (χ0v) is 10.0. The van der Waals surface area contributed by atoms with Crippen LogP contribution < -0.4 is 5.32 Å². The molecule has 2 nitrogen and oxygen atoms in total. The molecule has 0 spiro atoms. The Kier molecular flexibility index (Phi) is 3.96. The van der Waals surface area contributed by atoms with Crippen LogP contribution in [0, 0.1) is 11.8 Å². The molecule has 1 rings (SSSR count). The molecule has 1 aliphatic rings. The van der Waals surface area contributed by atoms with Gasteiger partial charge in [-0.1, -0.05) is 13.8 Å². The lowest BCUT2D eigenvalue weighted by Crippen LogP contribution is -2.43. The molecule has 0 radical (unpaired) electrons. The zero-order valence-electron chi connectivity index (χ0n) is 10.0. The predicted molar refractivity (Wildman–Crippen MR) is 60.3 cm³/mol. The highest BCUT2D eigenvalue weighted by atomic mass is 16.3. The quantitative estimate of drug-likeness (QED) is 0.730. The van der Waals surface area contributed by atoms with Gasteiger partial charge in [-0.15, -0.1) is 0 Å². The minimum Gasteiger partial charge on any atom is -0.389 e. The molecule has 0 aromatic heterocycles. The van der Waals surface area contributed by atoms with Crippen molar-refractivity contribution in [3.63, 3.8) is 0 Å². The number of aliphatic hydroxyl groups is 1. The van der Waals surface area contributed by atoms with Gasteiger partial charge in [-0.2, -0.15) is 0 Å².